The fourth-order valence-corrected chi connectivity index (χ4v) is 2.33. The topological polar surface area (TPSA) is 38.3 Å². The van der Waals surface area contributed by atoms with Crippen LogP contribution < -0.4 is 10.1 Å². The Kier molecular flexibility index (Phi) is 3.65. The van der Waals surface area contributed by atoms with E-state index in [9.17, 15) is 4.79 Å². The molecule has 1 fully saturated rings. The number of methoxy groups -OCH3 is 1. The summed E-state index contributed by atoms with van der Waals surface area (Å²) in [6.07, 6.45) is 2.01. The fourth-order valence-electron chi connectivity index (χ4n) is 2.33. The van der Waals surface area contributed by atoms with Crippen LogP contribution in [0.15, 0.2) is 42.5 Å². The van der Waals surface area contributed by atoms with Gasteiger partial charge in [-0.1, -0.05) is 29.8 Å². The van der Waals surface area contributed by atoms with Gasteiger partial charge in [0, 0.05) is 17.2 Å². The van der Waals surface area contributed by atoms with Gasteiger partial charge in [-0.05, 0) is 43.5 Å². The number of aryl methyl sites for hydroxylation is 1. The van der Waals surface area contributed by atoms with Crippen molar-refractivity contribution in [2.45, 2.75) is 19.8 Å². The number of hydrogen-bond acceptors (Lipinski definition) is 2. The van der Waals surface area contributed by atoms with Gasteiger partial charge in [0.1, 0.15) is 5.75 Å². The molecule has 21 heavy (non-hydrogen) atoms. The maximum Gasteiger partial charge on any atom is 0.227 e. The standard InChI is InChI=1S/C18H19NO2/c1-12-3-5-13(6-4-12)16-11-15(9-10-17(16)21-2)19-18(20)14-7-8-14/h3-6,9-11,14H,7-8H2,1-2H3,(H,19,20). The van der Waals surface area contributed by atoms with E-state index in [0.717, 1.165) is 35.4 Å². The molecule has 0 unspecified atom stereocenters. The van der Waals surface area contributed by atoms with Crippen LogP contribution in [0, 0.1) is 12.8 Å². The van der Waals surface area contributed by atoms with Crippen molar-refractivity contribution < 1.29 is 9.53 Å². The number of carbonyl (C=O) groups excluding carboxylic acids is 1. The van der Waals surface area contributed by atoms with Crippen LogP contribution in [0.1, 0.15) is 18.4 Å². The van der Waals surface area contributed by atoms with Crippen molar-refractivity contribution >= 4 is 11.6 Å². The van der Waals surface area contributed by atoms with Crippen LogP contribution in [0.2, 0.25) is 0 Å². The summed E-state index contributed by atoms with van der Waals surface area (Å²) in [6.45, 7) is 2.06. The van der Waals surface area contributed by atoms with Crippen molar-refractivity contribution in [3.05, 3.63) is 48.0 Å². The van der Waals surface area contributed by atoms with Gasteiger partial charge >= 0.3 is 0 Å². The third-order valence-electron chi connectivity index (χ3n) is 3.78. The molecule has 0 bridgehead atoms. The Labute approximate surface area is 124 Å². The van der Waals surface area contributed by atoms with Crippen molar-refractivity contribution in [1.82, 2.24) is 0 Å². The Hall–Kier alpha value is -2.29. The molecule has 1 N–H and O–H groups in total. The lowest BCUT2D eigenvalue weighted by atomic mass is 10.0. The summed E-state index contributed by atoms with van der Waals surface area (Å²) in [7, 11) is 1.66. The van der Waals surface area contributed by atoms with Crippen LogP contribution in [-0.2, 0) is 4.79 Å². The van der Waals surface area contributed by atoms with E-state index < -0.39 is 0 Å². The van der Waals surface area contributed by atoms with Gasteiger partial charge in [-0.2, -0.15) is 0 Å². The first-order valence-electron chi connectivity index (χ1n) is 7.23. The van der Waals surface area contributed by atoms with Gasteiger partial charge in [-0.15, -0.1) is 0 Å². The molecule has 3 rings (SSSR count). The summed E-state index contributed by atoms with van der Waals surface area (Å²) in [6, 6.07) is 14.0. The van der Waals surface area contributed by atoms with Crippen LogP contribution in [-0.4, -0.2) is 13.0 Å². The largest absolute Gasteiger partial charge is 0.496 e. The zero-order chi connectivity index (χ0) is 14.8. The third-order valence-corrected chi connectivity index (χ3v) is 3.78. The predicted octanol–water partition coefficient (Wildman–Crippen LogP) is 4.02. The minimum absolute atomic E-state index is 0.120. The second kappa shape index (κ2) is 5.60. The van der Waals surface area contributed by atoms with Gasteiger partial charge in [0.05, 0.1) is 7.11 Å². The SMILES string of the molecule is COc1ccc(NC(=O)C2CC2)cc1-c1ccc(C)cc1. The molecule has 1 aliphatic carbocycles. The molecule has 0 heterocycles. The first-order valence-corrected chi connectivity index (χ1v) is 7.23. The van der Waals surface area contributed by atoms with E-state index in [1.165, 1.54) is 5.56 Å². The zero-order valence-electron chi connectivity index (χ0n) is 12.3. The molecule has 2 aromatic carbocycles. The molecule has 0 aliphatic heterocycles. The number of ether oxygens (including phenoxy) is 1. The minimum Gasteiger partial charge on any atom is -0.496 e. The average molecular weight is 281 g/mol. The van der Waals surface area contributed by atoms with Crippen molar-refractivity contribution in [1.29, 1.82) is 0 Å². The van der Waals surface area contributed by atoms with E-state index >= 15 is 0 Å². The Morgan fingerprint density at radius 1 is 1.14 bits per heavy atom. The highest BCUT2D eigenvalue weighted by Gasteiger charge is 2.29. The molecule has 3 nitrogen and oxygen atoms in total. The molecular weight excluding hydrogens is 262 g/mol. The van der Waals surface area contributed by atoms with E-state index in [1.807, 2.05) is 18.2 Å². The number of carbonyl (C=O) groups is 1. The predicted molar refractivity (Wildman–Crippen MR) is 84.5 cm³/mol. The van der Waals surface area contributed by atoms with Crippen molar-refractivity contribution in [2.24, 2.45) is 5.92 Å². The lowest BCUT2D eigenvalue weighted by Crippen LogP contribution is -2.13. The molecule has 1 saturated carbocycles. The van der Waals surface area contributed by atoms with Crippen LogP contribution in [0.3, 0.4) is 0 Å². The van der Waals surface area contributed by atoms with E-state index in [1.54, 1.807) is 7.11 Å². The van der Waals surface area contributed by atoms with Gasteiger partial charge in [0.25, 0.3) is 0 Å². The van der Waals surface area contributed by atoms with Crippen LogP contribution in [0.5, 0.6) is 5.75 Å². The fraction of sp³-hybridized carbons (Fsp3) is 0.278. The molecule has 0 atom stereocenters. The van der Waals surface area contributed by atoms with Gasteiger partial charge in [0.15, 0.2) is 0 Å². The molecule has 1 aliphatic rings. The quantitative estimate of drug-likeness (QED) is 0.919. The highest BCUT2D eigenvalue weighted by molar-refractivity contribution is 5.95. The Bertz CT molecular complexity index is 657. The van der Waals surface area contributed by atoms with E-state index in [-0.39, 0.29) is 11.8 Å². The minimum atomic E-state index is 0.120. The number of amides is 1. The average Bonchev–Trinajstić information content (AvgIpc) is 3.33. The molecule has 1 amide bonds. The van der Waals surface area contributed by atoms with Crippen LogP contribution in [0.25, 0.3) is 11.1 Å². The molecule has 3 heteroatoms. The molecule has 2 aromatic rings. The number of anilines is 1. The molecule has 0 radical (unpaired) electrons. The normalized spacial score (nSPS) is 13.8. The summed E-state index contributed by atoms with van der Waals surface area (Å²) in [5.74, 6) is 1.13. The summed E-state index contributed by atoms with van der Waals surface area (Å²) >= 11 is 0. The highest BCUT2D eigenvalue weighted by atomic mass is 16.5. The molecular formula is C18H19NO2. The van der Waals surface area contributed by atoms with Crippen molar-refractivity contribution in [3.63, 3.8) is 0 Å². The van der Waals surface area contributed by atoms with E-state index in [2.05, 4.69) is 36.5 Å². The van der Waals surface area contributed by atoms with E-state index in [4.69, 9.17) is 4.74 Å². The van der Waals surface area contributed by atoms with Gasteiger partial charge in [-0.3, -0.25) is 4.79 Å². The summed E-state index contributed by atoms with van der Waals surface area (Å²) in [5.41, 5.74) is 4.12. The van der Waals surface area contributed by atoms with Gasteiger partial charge in [0.2, 0.25) is 5.91 Å². The van der Waals surface area contributed by atoms with Gasteiger partial charge in [-0.25, -0.2) is 0 Å². The second-order valence-electron chi connectivity index (χ2n) is 5.54. The van der Waals surface area contributed by atoms with Crippen LogP contribution >= 0.6 is 0 Å². The number of benzene rings is 2. The van der Waals surface area contributed by atoms with E-state index in [0.29, 0.717) is 0 Å². The number of hydrogen-bond donors (Lipinski definition) is 1. The molecule has 0 saturated heterocycles. The monoisotopic (exact) mass is 281 g/mol. The number of nitrogens with one attached hydrogen (secondary N) is 1. The number of rotatable bonds is 4. The smallest absolute Gasteiger partial charge is 0.227 e. The highest BCUT2D eigenvalue weighted by Crippen LogP contribution is 2.34. The Balaban J connectivity index is 1.92. The zero-order valence-corrected chi connectivity index (χ0v) is 12.3. The Morgan fingerprint density at radius 2 is 1.86 bits per heavy atom. The Morgan fingerprint density at radius 3 is 2.48 bits per heavy atom. The first kappa shape index (κ1) is 13.7. The van der Waals surface area contributed by atoms with Crippen LogP contribution in [0.4, 0.5) is 5.69 Å². The maximum atomic E-state index is 11.9. The maximum absolute atomic E-state index is 11.9. The third kappa shape index (κ3) is 3.07. The lowest BCUT2D eigenvalue weighted by Gasteiger charge is -2.12. The molecule has 0 aromatic heterocycles. The molecule has 0 spiro atoms. The first-order chi connectivity index (χ1) is 10.2. The summed E-state index contributed by atoms with van der Waals surface area (Å²) in [5, 5.41) is 2.98. The van der Waals surface area contributed by atoms with Gasteiger partial charge < -0.3 is 10.1 Å². The lowest BCUT2D eigenvalue weighted by molar-refractivity contribution is -0.117. The van der Waals surface area contributed by atoms with Crippen molar-refractivity contribution in [3.8, 4) is 16.9 Å². The summed E-state index contributed by atoms with van der Waals surface area (Å²) < 4.78 is 5.44. The molecule has 108 valence electrons. The second-order valence-corrected chi connectivity index (χ2v) is 5.54. The summed E-state index contributed by atoms with van der Waals surface area (Å²) in [4.78, 5) is 11.9. The van der Waals surface area contributed by atoms with Crippen molar-refractivity contribution in [2.75, 3.05) is 12.4 Å².